The van der Waals surface area contributed by atoms with Crippen molar-refractivity contribution in [1.82, 2.24) is 9.97 Å². The molecule has 2 aromatic heterocycles. The molecule has 5 heteroatoms. The number of rotatable bonds is 4. The van der Waals surface area contributed by atoms with Crippen LogP contribution in [-0.4, -0.2) is 23.1 Å². The summed E-state index contributed by atoms with van der Waals surface area (Å²) in [5.41, 5.74) is 1.17. The third-order valence-electron chi connectivity index (χ3n) is 3.94. The highest BCUT2D eigenvalue weighted by Gasteiger charge is 2.10. The van der Waals surface area contributed by atoms with Crippen LogP contribution in [-0.2, 0) is 6.54 Å². The molecule has 4 nitrogen and oxygen atoms in total. The Balaban J connectivity index is 1.57. The van der Waals surface area contributed by atoms with Crippen LogP contribution in [0, 0.1) is 0 Å². The maximum Gasteiger partial charge on any atom is 0.128 e. The number of aromatic nitrogens is 2. The molecule has 0 atom stereocenters. The van der Waals surface area contributed by atoms with Crippen LogP contribution in [0.1, 0.15) is 31.2 Å². The molecule has 0 unspecified atom stereocenters. The van der Waals surface area contributed by atoms with E-state index < -0.39 is 0 Å². The second kappa shape index (κ2) is 7.58. The monoisotopic (exact) mass is 360 g/mol. The molecule has 0 saturated carbocycles. The molecule has 0 radical (unpaired) electrons. The van der Waals surface area contributed by atoms with Gasteiger partial charge in [0.05, 0.1) is 0 Å². The molecule has 1 aliphatic rings. The fourth-order valence-corrected chi connectivity index (χ4v) is 2.92. The van der Waals surface area contributed by atoms with Crippen LogP contribution >= 0.6 is 15.9 Å². The Labute approximate surface area is 140 Å². The molecule has 0 spiro atoms. The first-order valence-electron chi connectivity index (χ1n) is 7.86. The van der Waals surface area contributed by atoms with E-state index in [1.165, 1.54) is 31.2 Å². The van der Waals surface area contributed by atoms with E-state index in [-0.39, 0.29) is 0 Å². The molecule has 22 heavy (non-hydrogen) atoms. The highest BCUT2D eigenvalue weighted by molar-refractivity contribution is 9.10. The SMILES string of the molecule is Brc1ccc(NCc2ccc(N3CCCCCC3)nc2)nc1. The molecule has 2 aromatic rings. The van der Waals surface area contributed by atoms with E-state index in [4.69, 9.17) is 0 Å². The van der Waals surface area contributed by atoms with Crippen molar-refractivity contribution in [2.24, 2.45) is 0 Å². The standard InChI is InChI=1S/C17H21BrN4/c18-15-6-7-16(20-13-15)19-11-14-5-8-17(21-12-14)22-9-3-1-2-4-10-22/h5-8,12-13H,1-4,9-11H2,(H,19,20). The Morgan fingerprint density at radius 3 is 2.41 bits per heavy atom. The first kappa shape index (κ1) is 15.3. The number of hydrogen-bond acceptors (Lipinski definition) is 4. The van der Waals surface area contributed by atoms with E-state index in [9.17, 15) is 0 Å². The van der Waals surface area contributed by atoms with Crippen molar-refractivity contribution in [3.05, 3.63) is 46.7 Å². The normalized spacial score (nSPS) is 15.4. The molecule has 0 amide bonds. The van der Waals surface area contributed by atoms with Gasteiger partial charge < -0.3 is 10.2 Å². The van der Waals surface area contributed by atoms with E-state index in [1.54, 1.807) is 6.20 Å². The summed E-state index contributed by atoms with van der Waals surface area (Å²) in [4.78, 5) is 11.3. The topological polar surface area (TPSA) is 41.0 Å². The minimum Gasteiger partial charge on any atom is -0.366 e. The highest BCUT2D eigenvalue weighted by atomic mass is 79.9. The lowest BCUT2D eigenvalue weighted by molar-refractivity contribution is 0.726. The maximum absolute atomic E-state index is 4.63. The van der Waals surface area contributed by atoms with Gasteiger partial charge >= 0.3 is 0 Å². The Bertz CT molecular complexity index is 575. The Morgan fingerprint density at radius 2 is 1.77 bits per heavy atom. The Hall–Kier alpha value is -1.62. The Kier molecular flexibility index (Phi) is 5.27. The predicted octanol–water partition coefficient (Wildman–Crippen LogP) is 4.23. The molecule has 0 aliphatic carbocycles. The average molecular weight is 361 g/mol. The molecule has 116 valence electrons. The minimum atomic E-state index is 0.738. The fourth-order valence-electron chi connectivity index (χ4n) is 2.68. The van der Waals surface area contributed by atoms with E-state index in [1.807, 2.05) is 18.3 Å². The highest BCUT2D eigenvalue weighted by Crippen LogP contribution is 2.18. The summed E-state index contributed by atoms with van der Waals surface area (Å²) >= 11 is 3.39. The molecule has 1 fully saturated rings. The lowest BCUT2D eigenvalue weighted by atomic mass is 10.2. The molecule has 1 saturated heterocycles. The lowest BCUT2D eigenvalue weighted by Crippen LogP contribution is -2.24. The van der Waals surface area contributed by atoms with Gasteiger partial charge in [0.2, 0.25) is 0 Å². The Morgan fingerprint density at radius 1 is 0.955 bits per heavy atom. The van der Waals surface area contributed by atoms with Gasteiger partial charge in [0.15, 0.2) is 0 Å². The molecule has 0 bridgehead atoms. The molecule has 1 aliphatic heterocycles. The van der Waals surface area contributed by atoms with E-state index in [0.29, 0.717) is 0 Å². The van der Waals surface area contributed by atoms with Crippen molar-refractivity contribution >= 4 is 27.6 Å². The zero-order valence-electron chi connectivity index (χ0n) is 12.6. The van der Waals surface area contributed by atoms with Crippen LogP contribution in [0.2, 0.25) is 0 Å². The number of halogens is 1. The van der Waals surface area contributed by atoms with Gasteiger partial charge in [-0.15, -0.1) is 0 Å². The molecule has 3 heterocycles. The third kappa shape index (κ3) is 4.19. The van der Waals surface area contributed by atoms with Crippen molar-refractivity contribution in [3.8, 4) is 0 Å². The molecular formula is C17H21BrN4. The summed E-state index contributed by atoms with van der Waals surface area (Å²) in [5.74, 6) is 1.98. The van der Waals surface area contributed by atoms with Crippen LogP contribution in [0.3, 0.4) is 0 Å². The van der Waals surface area contributed by atoms with Gasteiger partial charge in [-0.2, -0.15) is 0 Å². The second-order valence-corrected chi connectivity index (χ2v) is 6.56. The number of nitrogens with zero attached hydrogens (tertiary/aromatic N) is 3. The van der Waals surface area contributed by atoms with Gasteiger partial charge in [-0.3, -0.25) is 0 Å². The van der Waals surface area contributed by atoms with Crippen LogP contribution in [0.5, 0.6) is 0 Å². The van der Waals surface area contributed by atoms with Crippen molar-refractivity contribution < 1.29 is 0 Å². The summed E-state index contributed by atoms with van der Waals surface area (Å²) in [6, 6.07) is 8.23. The number of pyridine rings is 2. The maximum atomic E-state index is 4.63. The second-order valence-electron chi connectivity index (χ2n) is 5.64. The smallest absolute Gasteiger partial charge is 0.128 e. The van der Waals surface area contributed by atoms with Crippen LogP contribution in [0.4, 0.5) is 11.6 Å². The molecular weight excluding hydrogens is 340 g/mol. The van der Waals surface area contributed by atoms with E-state index >= 15 is 0 Å². The van der Waals surface area contributed by atoms with Gasteiger partial charge in [-0.25, -0.2) is 9.97 Å². The lowest BCUT2D eigenvalue weighted by Gasteiger charge is -2.21. The van der Waals surface area contributed by atoms with Gasteiger partial charge in [-0.05, 0) is 52.5 Å². The third-order valence-corrected chi connectivity index (χ3v) is 4.41. The molecule has 1 N–H and O–H groups in total. The summed E-state index contributed by atoms with van der Waals surface area (Å²) < 4.78 is 0.988. The van der Waals surface area contributed by atoms with Crippen LogP contribution < -0.4 is 10.2 Å². The van der Waals surface area contributed by atoms with Gasteiger partial charge in [0, 0.05) is 36.5 Å². The van der Waals surface area contributed by atoms with Crippen molar-refractivity contribution in [3.63, 3.8) is 0 Å². The summed E-state index contributed by atoms with van der Waals surface area (Å²) in [6.45, 7) is 3.00. The summed E-state index contributed by atoms with van der Waals surface area (Å²) in [5, 5.41) is 3.31. The van der Waals surface area contributed by atoms with Crippen LogP contribution in [0.25, 0.3) is 0 Å². The molecule has 0 aromatic carbocycles. The number of nitrogens with one attached hydrogen (secondary N) is 1. The van der Waals surface area contributed by atoms with E-state index in [0.717, 1.165) is 35.7 Å². The van der Waals surface area contributed by atoms with Crippen molar-refractivity contribution in [2.45, 2.75) is 32.2 Å². The minimum absolute atomic E-state index is 0.738. The van der Waals surface area contributed by atoms with Gasteiger partial charge in [0.1, 0.15) is 11.6 Å². The average Bonchev–Trinajstić information content (AvgIpc) is 2.84. The largest absolute Gasteiger partial charge is 0.366 e. The number of anilines is 2. The summed E-state index contributed by atoms with van der Waals surface area (Å²) in [7, 11) is 0. The van der Waals surface area contributed by atoms with Gasteiger partial charge in [-0.1, -0.05) is 18.9 Å². The van der Waals surface area contributed by atoms with Crippen molar-refractivity contribution in [2.75, 3.05) is 23.3 Å². The van der Waals surface area contributed by atoms with Crippen molar-refractivity contribution in [1.29, 1.82) is 0 Å². The zero-order valence-corrected chi connectivity index (χ0v) is 14.2. The predicted molar refractivity (Wildman–Crippen MR) is 94.2 cm³/mol. The number of hydrogen-bond donors (Lipinski definition) is 1. The van der Waals surface area contributed by atoms with Crippen LogP contribution in [0.15, 0.2) is 41.1 Å². The zero-order chi connectivity index (χ0) is 15.2. The first-order chi connectivity index (χ1) is 10.8. The quantitative estimate of drug-likeness (QED) is 0.885. The first-order valence-corrected chi connectivity index (χ1v) is 8.66. The summed E-state index contributed by atoms with van der Waals surface area (Å²) in [6.07, 6.45) is 9.01. The van der Waals surface area contributed by atoms with Gasteiger partial charge in [0.25, 0.3) is 0 Å². The molecule has 3 rings (SSSR count). The fraction of sp³-hybridized carbons (Fsp3) is 0.412. The van der Waals surface area contributed by atoms with E-state index in [2.05, 4.69) is 48.2 Å².